The number of allylic oxidation sites excluding steroid dienone is 11. The largest absolute Gasteiger partial charge is 0.472 e. The lowest BCUT2D eigenvalue weighted by molar-refractivity contribution is -0.870. The molecule has 8 nitrogen and oxygen atoms in total. The second kappa shape index (κ2) is 56.7. The van der Waals surface area contributed by atoms with Crippen LogP contribution in [0, 0.1) is 0 Å². The van der Waals surface area contributed by atoms with Crippen LogP contribution >= 0.6 is 7.82 Å². The number of unbranched alkanes of at least 4 members (excludes halogenated alkanes) is 35. The number of nitrogens with zero attached hydrogens (tertiary/aromatic N) is 1. The van der Waals surface area contributed by atoms with Gasteiger partial charge in [0.1, 0.15) is 13.2 Å². The molecule has 0 rings (SSSR count). The van der Waals surface area contributed by atoms with Crippen molar-refractivity contribution in [3.05, 3.63) is 72.9 Å². The van der Waals surface area contributed by atoms with E-state index in [1.807, 2.05) is 27.2 Å². The lowest BCUT2D eigenvalue weighted by atomic mass is 10.0. The van der Waals surface area contributed by atoms with Gasteiger partial charge >= 0.3 is 7.82 Å². The Morgan fingerprint density at radius 1 is 0.467 bits per heavy atom. The second-order valence-electron chi connectivity index (χ2n) is 22.8. The molecule has 0 aromatic rings. The number of aliphatic hydroxyl groups is 1. The highest BCUT2D eigenvalue weighted by molar-refractivity contribution is 7.47. The molecular formula is C66H124N2O6P+. The standard InChI is InChI=1S/C66H123N2O6P/c1-6-8-10-12-14-16-18-20-22-23-24-25-26-27-28-29-30-31-32-33-34-35-36-37-38-39-40-41-42-43-44-45-46-48-50-52-54-56-58-60-66(70)67-64(63-74-75(71,72)73-62-61-68(3,4)5)65(69)59-57-55-53-51-49-47-21-19-17-15-13-11-9-7-2/h8,10,14,16,20,22,24-25,27-28,57,59,64-65,69H,6-7,9,11-13,15,17-19,21,23,26,29-56,58,60-63H2,1-5H3,(H-,67,70,71,72)/p+1/b10-8-,16-14-,22-20-,25-24-,28-27-,59-57+. The molecule has 0 aromatic carbocycles. The fourth-order valence-corrected chi connectivity index (χ4v) is 9.98. The fraction of sp³-hybridized carbons (Fsp3) is 0.803. The monoisotopic (exact) mass is 1070 g/mol. The molecule has 3 atom stereocenters. The Morgan fingerprint density at radius 3 is 1.17 bits per heavy atom. The van der Waals surface area contributed by atoms with Crippen LogP contribution in [0.5, 0.6) is 0 Å². The molecule has 0 aliphatic heterocycles. The van der Waals surface area contributed by atoms with Crippen molar-refractivity contribution in [1.82, 2.24) is 5.32 Å². The highest BCUT2D eigenvalue weighted by Crippen LogP contribution is 2.43. The molecule has 75 heavy (non-hydrogen) atoms. The Balaban J connectivity index is 3.92. The highest BCUT2D eigenvalue weighted by Gasteiger charge is 2.27. The van der Waals surface area contributed by atoms with Gasteiger partial charge in [0.05, 0.1) is 39.9 Å². The summed E-state index contributed by atoms with van der Waals surface area (Å²) in [5.41, 5.74) is 0. The van der Waals surface area contributed by atoms with Crippen molar-refractivity contribution in [2.75, 3.05) is 40.9 Å². The first kappa shape index (κ1) is 72.9. The van der Waals surface area contributed by atoms with E-state index >= 15 is 0 Å². The predicted molar refractivity (Wildman–Crippen MR) is 327 cm³/mol. The molecule has 0 saturated carbocycles. The summed E-state index contributed by atoms with van der Waals surface area (Å²) in [4.78, 5) is 23.3. The summed E-state index contributed by atoms with van der Waals surface area (Å²) in [6.07, 6.45) is 78.9. The number of carbonyl (C=O) groups is 1. The smallest absolute Gasteiger partial charge is 0.387 e. The Bertz CT molecular complexity index is 1450. The quantitative estimate of drug-likeness (QED) is 0.0243. The third-order valence-corrected chi connectivity index (χ3v) is 15.2. The Morgan fingerprint density at radius 2 is 0.800 bits per heavy atom. The first-order chi connectivity index (χ1) is 36.5. The van der Waals surface area contributed by atoms with Crippen LogP contribution in [0.25, 0.3) is 0 Å². The van der Waals surface area contributed by atoms with E-state index in [1.165, 1.54) is 199 Å². The van der Waals surface area contributed by atoms with Gasteiger partial charge in [-0.3, -0.25) is 13.8 Å². The average molecular weight is 1070 g/mol. The summed E-state index contributed by atoms with van der Waals surface area (Å²) in [5.74, 6) is -0.174. The number of likely N-dealkylation sites (N-methyl/N-ethyl adjacent to an activating group) is 1. The summed E-state index contributed by atoms with van der Waals surface area (Å²) in [6, 6.07) is -0.846. The van der Waals surface area contributed by atoms with E-state index in [-0.39, 0.29) is 19.1 Å². The fourth-order valence-electron chi connectivity index (χ4n) is 9.25. The summed E-state index contributed by atoms with van der Waals surface area (Å²) < 4.78 is 23.7. The van der Waals surface area contributed by atoms with Gasteiger partial charge in [0.15, 0.2) is 0 Å². The summed E-state index contributed by atoms with van der Waals surface area (Å²) >= 11 is 0. The van der Waals surface area contributed by atoms with Crippen molar-refractivity contribution in [3.63, 3.8) is 0 Å². The van der Waals surface area contributed by atoms with E-state index in [1.54, 1.807) is 6.08 Å². The lowest BCUT2D eigenvalue weighted by Gasteiger charge is -2.25. The van der Waals surface area contributed by atoms with Crippen molar-refractivity contribution in [3.8, 4) is 0 Å². The van der Waals surface area contributed by atoms with E-state index in [0.717, 1.165) is 70.6 Å². The molecule has 1 amide bonds. The topological polar surface area (TPSA) is 105 Å². The molecule has 0 saturated heterocycles. The number of phosphoric ester groups is 1. The number of hydrogen-bond acceptors (Lipinski definition) is 5. The van der Waals surface area contributed by atoms with E-state index in [0.29, 0.717) is 17.4 Å². The van der Waals surface area contributed by atoms with Crippen molar-refractivity contribution in [2.45, 2.75) is 302 Å². The van der Waals surface area contributed by atoms with Gasteiger partial charge in [-0.1, -0.05) is 292 Å². The number of aliphatic hydroxyl groups excluding tert-OH is 1. The molecule has 3 unspecified atom stereocenters. The Hall–Kier alpha value is -2.06. The number of hydrogen-bond donors (Lipinski definition) is 3. The van der Waals surface area contributed by atoms with Crippen molar-refractivity contribution in [2.24, 2.45) is 0 Å². The maximum atomic E-state index is 13.0. The van der Waals surface area contributed by atoms with Crippen LogP contribution in [0.1, 0.15) is 290 Å². The zero-order valence-corrected chi connectivity index (χ0v) is 50.9. The van der Waals surface area contributed by atoms with Gasteiger partial charge in [-0.2, -0.15) is 0 Å². The molecule has 9 heteroatoms. The molecular weight excluding hydrogens is 948 g/mol. The number of nitrogens with one attached hydrogen (secondary N) is 1. The minimum absolute atomic E-state index is 0.0619. The van der Waals surface area contributed by atoms with Gasteiger partial charge in [0.25, 0.3) is 0 Å². The van der Waals surface area contributed by atoms with Crippen LogP contribution in [0.4, 0.5) is 0 Å². The number of amides is 1. The van der Waals surface area contributed by atoms with Crippen LogP contribution in [-0.2, 0) is 18.4 Å². The van der Waals surface area contributed by atoms with Gasteiger partial charge in [-0.05, 0) is 64.2 Å². The van der Waals surface area contributed by atoms with Crippen LogP contribution in [0.15, 0.2) is 72.9 Å². The second-order valence-corrected chi connectivity index (χ2v) is 24.2. The summed E-state index contributed by atoms with van der Waals surface area (Å²) in [5, 5.41) is 13.9. The van der Waals surface area contributed by atoms with Gasteiger partial charge in [-0.15, -0.1) is 0 Å². The normalized spacial score (nSPS) is 14.3. The van der Waals surface area contributed by atoms with Gasteiger partial charge < -0.3 is 19.8 Å². The van der Waals surface area contributed by atoms with Gasteiger partial charge in [-0.25, -0.2) is 4.57 Å². The number of phosphoric acid groups is 1. The zero-order valence-electron chi connectivity index (χ0n) is 50.0. The molecule has 0 heterocycles. The number of carbonyl (C=O) groups excluding carboxylic acids is 1. The summed E-state index contributed by atoms with van der Waals surface area (Å²) in [6.45, 7) is 4.72. The molecule has 3 N–H and O–H groups in total. The average Bonchev–Trinajstić information content (AvgIpc) is 3.37. The van der Waals surface area contributed by atoms with Crippen LogP contribution in [0.3, 0.4) is 0 Å². The maximum Gasteiger partial charge on any atom is 0.472 e. The molecule has 0 aromatic heterocycles. The number of rotatable bonds is 58. The van der Waals surface area contributed by atoms with Crippen LogP contribution in [0.2, 0.25) is 0 Å². The minimum atomic E-state index is -4.35. The molecule has 0 fully saturated rings. The Labute approximate surface area is 465 Å². The molecule has 0 bridgehead atoms. The zero-order chi connectivity index (χ0) is 54.9. The van der Waals surface area contributed by atoms with Crippen LogP contribution < -0.4 is 5.32 Å². The number of quaternary nitrogens is 1. The molecule has 438 valence electrons. The van der Waals surface area contributed by atoms with Crippen molar-refractivity contribution in [1.29, 1.82) is 0 Å². The van der Waals surface area contributed by atoms with E-state index in [9.17, 15) is 19.4 Å². The first-order valence-electron chi connectivity index (χ1n) is 31.8. The maximum absolute atomic E-state index is 13.0. The summed E-state index contributed by atoms with van der Waals surface area (Å²) in [7, 11) is 1.58. The molecule has 0 aliphatic carbocycles. The minimum Gasteiger partial charge on any atom is -0.387 e. The first-order valence-corrected chi connectivity index (χ1v) is 33.3. The predicted octanol–water partition coefficient (Wildman–Crippen LogP) is 19.8. The van der Waals surface area contributed by atoms with Crippen LogP contribution in [-0.4, -0.2) is 73.4 Å². The van der Waals surface area contributed by atoms with Crippen molar-refractivity contribution >= 4 is 13.7 Å². The third kappa shape index (κ3) is 59.4. The SMILES string of the molecule is CC/C=C\C/C=C\C/C=C\C/C=C\C/C=C\CCCCCCCCCCCCCCCCCCCCCCCCCC(=O)NC(COP(=O)(O)OCC[N+](C)(C)C)C(O)/C=C/CCCCCCCCCCCCCC. The van der Waals surface area contributed by atoms with E-state index < -0.39 is 20.0 Å². The molecule has 0 radical (unpaired) electrons. The van der Waals surface area contributed by atoms with Gasteiger partial charge in [0.2, 0.25) is 5.91 Å². The molecule has 0 spiro atoms. The third-order valence-electron chi connectivity index (χ3n) is 14.2. The Kier molecular flexibility index (Phi) is 55.1. The van der Waals surface area contributed by atoms with Gasteiger partial charge in [0, 0.05) is 6.42 Å². The molecule has 0 aliphatic rings. The lowest BCUT2D eigenvalue weighted by Crippen LogP contribution is -2.45. The van der Waals surface area contributed by atoms with E-state index in [2.05, 4.69) is 79.9 Å². The van der Waals surface area contributed by atoms with Crippen molar-refractivity contribution < 1.29 is 32.9 Å². The van der Waals surface area contributed by atoms with E-state index in [4.69, 9.17) is 9.05 Å². The highest BCUT2D eigenvalue weighted by atomic mass is 31.2.